The molecule has 0 saturated heterocycles. The topological polar surface area (TPSA) is 50.9 Å². The molecule has 0 fully saturated rings. The third-order valence-electron chi connectivity index (χ3n) is 2.54. The van der Waals surface area contributed by atoms with E-state index in [-0.39, 0.29) is 0 Å². The van der Waals surface area contributed by atoms with Gasteiger partial charge in [-0.1, -0.05) is 47.3 Å². The van der Waals surface area contributed by atoms with Gasteiger partial charge in [0, 0.05) is 5.56 Å². The van der Waals surface area contributed by atoms with Crippen LogP contribution in [0.25, 0.3) is 22.2 Å². The predicted molar refractivity (Wildman–Crippen MR) is 60.1 cm³/mol. The van der Waals surface area contributed by atoms with E-state index in [0.29, 0.717) is 11.0 Å². The van der Waals surface area contributed by atoms with Gasteiger partial charge < -0.3 is 5.21 Å². The molecule has 0 aliphatic carbocycles. The molecule has 0 bridgehead atoms. The van der Waals surface area contributed by atoms with Crippen LogP contribution in [0.4, 0.5) is 0 Å². The molecular weight excluding hydrogens is 202 g/mol. The Morgan fingerprint density at radius 3 is 2.56 bits per heavy atom. The van der Waals surface area contributed by atoms with Gasteiger partial charge in [0.25, 0.3) is 0 Å². The molecule has 0 atom stereocenters. The summed E-state index contributed by atoms with van der Waals surface area (Å²) in [5, 5.41) is 17.0. The SMILES string of the molecule is On1nnc2c(-c3ccccc3)cccc21. The van der Waals surface area contributed by atoms with Crippen molar-refractivity contribution in [3.63, 3.8) is 0 Å². The first-order chi connectivity index (χ1) is 7.86. The summed E-state index contributed by atoms with van der Waals surface area (Å²) in [6, 6.07) is 15.5. The number of rotatable bonds is 1. The maximum Gasteiger partial charge on any atom is 0.131 e. The highest BCUT2D eigenvalue weighted by Gasteiger charge is 2.08. The Morgan fingerprint density at radius 2 is 1.75 bits per heavy atom. The number of aromatic nitrogens is 3. The van der Waals surface area contributed by atoms with Crippen LogP contribution < -0.4 is 0 Å². The van der Waals surface area contributed by atoms with E-state index in [1.807, 2.05) is 42.5 Å². The van der Waals surface area contributed by atoms with E-state index < -0.39 is 0 Å². The Bertz CT molecular complexity index is 631. The molecule has 0 radical (unpaired) electrons. The van der Waals surface area contributed by atoms with Gasteiger partial charge in [-0.2, -0.15) is 0 Å². The van der Waals surface area contributed by atoms with Gasteiger partial charge in [0.15, 0.2) is 0 Å². The summed E-state index contributed by atoms with van der Waals surface area (Å²) in [7, 11) is 0. The van der Waals surface area contributed by atoms with Crippen molar-refractivity contribution < 1.29 is 5.21 Å². The quantitative estimate of drug-likeness (QED) is 0.628. The van der Waals surface area contributed by atoms with Gasteiger partial charge in [-0.25, -0.2) is 0 Å². The van der Waals surface area contributed by atoms with E-state index in [0.717, 1.165) is 16.0 Å². The summed E-state index contributed by atoms with van der Waals surface area (Å²) in [5.41, 5.74) is 3.35. The standard InChI is InChI=1S/C12H9N3O/c16-15-11-8-4-7-10(12(11)13-14-15)9-5-2-1-3-6-9/h1-8,16H. The average Bonchev–Trinajstić information content (AvgIpc) is 2.73. The average molecular weight is 211 g/mol. The maximum absolute atomic E-state index is 9.43. The first kappa shape index (κ1) is 8.91. The largest absolute Gasteiger partial charge is 0.410 e. The fraction of sp³-hybridized carbons (Fsp3) is 0. The van der Waals surface area contributed by atoms with Gasteiger partial charge in [0.05, 0.1) is 0 Å². The number of nitrogens with zero attached hydrogens (tertiary/aromatic N) is 3. The zero-order chi connectivity index (χ0) is 11.0. The minimum Gasteiger partial charge on any atom is -0.410 e. The minimum atomic E-state index is 0.612. The lowest BCUT2D eigenvalue weighted by atomic mass is 10.0. The highest BCUT2D eigenvalue weighted by atomic mass is 16.5. The minimum absolute atomic E-state index is 0.612. The van der Waals surface area contributed by atoms with Gasteiger partial charge >= 0.3 is 0 Å². The molecule has 0 spiro atoms. The smallest absolute Gasteiger partial charge is 0.131 e. The number of fused-ring (bicyclic) bond motifs is 1. The Morgan fingerprint density at radius 1 is 0.938 bits per heavy atom. The molecule has 2 aromatic carbocycles. The normalized spacial score (nSPS) is 10.8. The van der Waals surface area contributed by atoms with Gasteiger partial charge in [-0.15, -0.1) is 5.10 Å². The third-order valence-corrected chi connectivity index (χ3v) is 2.54. The molecule has 1 N–H and O–H groups in total. The fourth-order valence-electron chi connectivity index (χ4n) is 1.78. The summed E-state index contributed by atoms with van der Waals surface area (Å²) in [5.74, 6) is 0. The van der Waals surface area contributed by atoms with E-state index in [9.17, 15) is 5.21 Å². The maximum atomic E-state index is 9.43. The summed E-state index contributed by atoms with van der Waals surface area (Å²) >= 11 is 0. The lowest BCUT2D eigenvalue weighted by Crippen LogP contribution is -1.90. The first-order valence-corrected chi connectivity index (χ1v) is 4.95. The zero-order valence-electron chi connectivity index (χ0n) is 8.41. The van der Waals surface area contributed by atoms with Crippen LogP contribution in [0.1, 0.15) is 0 Å². The van der Waals surface area contributed by atoms with Crippen LogP contribution in [-0.4, -0.2) is 20.4 Å². The van der Waals surface area contributed by atoms with Gasteiger partial charge in [-0.05, 0) is 16.8 Å². The molecule has 4 nitrogen and oxygen atoms in total. The van der Waals surface area contributed by atoms with Gasteiger partial charge in [-0.3, -0.25) is 0 Å². The Balaban J connectivity index is 2.32. The van der Waals surface area contributed by atoms with Crippen molar-refractivity contribution in [1.29, 1.82) is 0 Å². The summed E-state index contributed by atoms with van der Waals surface area (Å²) < 4.78 is 0. The summed E-state index contributed by atoms with van der Waals surface area (Å²) in [4.78, 5) is 0.793. The molecule has 0 amide bonds. The fourth-order valence-corrected chi connectivity index (χ4v) is 1.78. The highest BCUT2D eigenvalue weighted by Crippen LogP contribution is 2.25. The summed E-state index contributed by atoms with van der Waals surface area (Å²) in [6.07, 6.45) is 0. The predicted octanol–water partition coefficient (Wildman–Crippen LogP) is 2.34. The monoisotopic (exact) mass is 211 g/mol. The number of hydrogen-bond acceptors (Lipinski definition) is 3. The second-order valence-electron chi connectivity index (χ2n) is 3.52. The highest BCUT2D eigenvalue weighted by molar-refractivity contribution is 5.91. The second-order valence-corrected chi connectivity index (χ2v) is 3.52. The van der Waals surface area contributed by atoms with Crippen LogP contribution in [-0.2, 0) is 0 Å². The van der Waals surface area contributed by atoms with Crippen molar-refractivity contribution in [2.24, 2.45) is 0 Å². The van der Waals surface area contributed by atoms with E-state index in [2.05, 4.69) is 10.3 Å². The van der Waals surface area contributed by atoms with Gasteiger partial charge in [0.1, 0.15) is 11.0 Å². The van der Waals surface area contributed by atoms with E-state index >= 15 is 0 Å². The number of benzene rings is 2. The molecule has 3 aromatic rings. The first-order valence-electron chi connectivity index (χ1n) is 4.95. The lowest BCUT2D eigenvalue weighted by Gasteiger charge is -2.01. The molecule has 0 unspecified atom stereocenters. The molecule has 3 rings (SSSR count). The summed E-state index contributed by atoms with van der Waals surface area (Å²) in [6.45, 7) is 0. The molecule has 78 valence electrons. The van der Waals surface area contributed by atoms with Gasteiger partial charge in [0.2, 0.25) is 0 Å². The molecule has 4 heteroatoms. The van der Waals surface area contributed by atoms with E-state index in [1.165, 1.54) is 0 Å². The van der Waals surface area contributed by atoms with Crippen LogP contribution in [0, 0.1) is 0 Å². The van der Waals surface area contributed by atoms with Crippen molar-refractivity contribution in [2.45, 2.75) is 0 Å². The van der Waals surface area contributed by atoms with E-state index in [4.69, 9.17) is 0 Å². The Kier molecular flexibility index (Phi) is 1.86. The molecule has 1 aromatic heterocycles. The molecule has 1 heterocycles. The third kappa shape index (κ3) is 1.24. The molecular formula is C12H9N3O. The zero-order valence-corrected chi connectivity index (χ0v) is 8.41. The van der Waals surface area contributed by atoms with Crippen molar-refractivity contribution >= 4 is 11.0 Å². The molecule has 0 aliphatic rings. The number of hydrogen-bond donors (Lipinski definition) is 1. The molecule has 0 aliphatic heterocycles. The van der Waals surface area contributed by atoms with Crippen LogP contribution in [0.3, 0.4) is 0 Å². The van der Waals surface area contributed by atoms with E-state index in [1.54, 1.807) is 6.07 Å². The van der Waals surface area contributed by atoms with Crippen LogP contribution in [0.2, 0.25) is 0 Å². The van der Waals surface area contributed by atoms with Crippen LogP contribution in [0.15, 0.2) is 48.5 Å². The van der Waals surface area contributed by atoms with Crippen molar-refractivity contribution in [2.75, 3.05) is 0 Å². The van der Waals surface area contributed by atoms with Crippen LogP contribution in [0.5, 0.6) is 0 Å². The molecule has 16 heavy (non-hydrogen) atoms. The van der Waals surface area contributed by atoms with Crippen LogP contribution >= 0.6 is 0 Å². The van der Waals surface area contributed by atoms with Crippen molar-refractivity contribution in [3.05, 3.63) is 48.5 Å². The second kappa shape index (κ2) is 3.34. The Hall–Kier alpha value is -2.36. The lowest BCUT2D eigenvalue weighted by molar-refractivity contribution is 0.155. The van der Waals surface area contributed by atoms with Crippen molar-refractivity contribution in [1.82, 2.24) is 15.2 Å². The molecule has 0 saturated carbocycles. The Labute approximate surface area is 91.7 Å². The van der Waals surface area contributed by atoms with Crippen molar-refractivity contribution in [3.8, 4) is 11.1 Å².